The summed E-state index contributed by atoms with van der Waals surface area (Å²) in [5.74, 6) is -0.928. The van der Waals surface area contributed by atoms with Crippen molar-refractivity contribution >= 4 is 28.8 Å². The molecule has 0 aromatic carbocycles. The molecule has 0 aliphatic heterocycles. The monoisotopic (exact) mass is 298 g/mol. The van der Waals surface area contributed by atoms with Gasteiger partial charge in [0.1, 0.15) is 11.0 Å². The number of hydrogen-bond donors (Lipinski definition) is 0. The number of thiophene rings is 1. The zero-order chi connectivity index (χ0) is 14.0. The van der Waals surface area contributed by atoms with Crippen LogP contribution < -0.4 is 0 Å². The molecule has 1 amide bonds. The molecule has 0 spiro atoms. The summed E-state index contributed by atoms with van der Waals surface area (Å²) in [6.45, 7) is 1.91. The van der Waals surface area contributed by atoms with E-state index in [1.807, 2.05) is 24.4 Å². The molecule has 0 saturated carbocycles. The zero-order valence-electron chi connectivity index (χ0n) is 10.4. The van der Waals surface area contributed by atoms with Crippen molar-refractivity contribution in [1.82, 2.24) is 9.88 Å². The van der Waals surface area contributed by atoms with Gasteiger partial charge in [0, 0.05) is 11.9 Å². The fraction of sp³-hybridized carbons (Fsp3) is 0.231. The fourth-order valence-corrected chi connectivity index (χ4v) is 2.67. The standard InChI is InChI=1S/C13H12ClFN2OS/c1-8(11-4-3-5-19-11)17(2)13(18)10-6-9(15)7-16-12(10)14/h3-8H,1-2H3. The number of carbonyl (C=O) groups is 1. The first-order chi connectivity index (χ1) is 9.00. The van der Waals surface area contributed by atoms with Crippen molar-refractivity contribution in [2.75, 3.05) is 7.05 Å². The summed E-state index contributed by atoms with van der Waals surface area (Å²) in [5.41, 5.74) is 0.0765. The molecular weight excluding hydrogens is 287 g/mol. The van der Waals surface area contributed by atoms with Gasteiger partial charge in [-0.25, -0.2) is 9.37 Å². The molecule has 3 nitrogen and oxygen atoms in total. The predicted molar refractivity (Wildman–Crippen MR) is 74.0 cm³/mol. The molecule has 2 aromatic heterocycles. The third-order valence-electron chi connectivity index (χ3n) is 2.89. The molecular formula is C13H12ClFN2OS. The molecule has 0 radical (unpaired) electrons. The molecule has 100 valence electrons. The van der Waals surface area contributed by atoms with E-state index < -0.39 is 5.82 Å². The lowest BCUT2D eigenvalue weighted by atomic mass is 10.2. The Bertz CT molecular complexity index is 588. The third-order valence-corrected chi connectivity index (χ3v) is 4.24. The van der Waals surface area contributed by atoms with Gasteiger partial charge >= 0.3 is 0 Å². The molecule has 2 heterocycles. The average molecular weight is 299 g/mol. The number of nitrogens with zero attached hydrogens (tertiary/aromatic N) is 2. The lowest BCUT2D eigenvalue weighted by Gasteiger charge is -2.24. The van der Waals surface area contributed by atoms with Crippen LogP contribution in [0.4, 0.5) is 4.39 Å². The first kappa shape index (κ1) is 14.0. The third kappa shape index (κ3) is 2.93. The van der Waals surface area contributed by atoms with E-state index in [0.29, 0.717) is 0 Å². The van der Waals surface area contributed by atoms with Gasteiger partial charge in [-0.05, 0) is 24.4 Å². The van der Waals surface area contributed by atoms with Gasteiger partial charge in [0.2, 0.25) is 0 Å². The van der Waals surface area contributed by atoms with Crippen LogP contribution in [0.25, 0.3) is 0 Å². The fourth-order valence-electron chi connectivity index (χ4n) is 1.66. The second-order valence-corrected chi connectivity index (χ2v) is 5.44. The van der Waals surface area contributed by atoms with Crippen molar-refractivity contribution in [3.63, 3.8) is 0 Å². The highest BCUT2D eigenvalue weighted by Crippen LogP contribution is 2.26. The molecule has 0 N–H and O–H groups in total. The summed E-state index contributed by atoms with van der Waals surface area (Å²) in [7, 11) is 1.66. The van der Waals surface area contributed by atoms with E-state index >= 15 is 0 Å². The molecule has 0 aliphatic rings. The van der Waals surface area contributed by atoms with Crippen molar-refractivity contribution in [3.8, 4) is 0 Å². The minimum atomic E-state index is -0.579. The summed E-state index contributed by atoms with van der Waals surface area (Å²) >= 11 is 7.40. The molecule has 0 bridgehead atoms. The molecule has 0 fully saturated rings. The number of carbonyl (C=O) groups excluding carboxylic acids is 1. The van der Waals surface area contributed by atoms with Crippen molar-refractivity contribution in [1.29, 1.82) is 0 Å². The second-order valence-electron chi connectivity index (χ2n) is 4.10. The summed E-state index contributed by atoms with van der Waals surface area (Å²) in [4.78, 5) is 18.5. The summed E-state index contributed by atoms with van der Waals surface area (Å²) in [5, 5.41) is 1.96. The minimum Gasteiger partial charge on any atom is -0.334 e. The second kappa shape index (κ2) is 5.67. The Balaban J connectivity index is 2.26. The molecule has 0 saturated heterocycles. The largest absolute Gasteiger partial charge is 0.334 e. The van der Waals surface area contributed by atoms with Crippen LogP contribution in [0, 0.1) is 5.82 Å². The highest BCUT2D eigenvalue weighted by Gasteiger charge is 2.22. The Morgan fingerprint density at radius 2 is 2.32 bits per heavy atom. The van der Waals surface area contributed by atoms with Gasteiger partial charge < -0.3 is 4.90 Å². The van der Waals surface area contributed by atoms with Crippen LogP contribution in [0.5, 0.6) is 0 Å². The summed E-state index contributed by atoms with van der Waals surface area (Å²) in [6.07, 6.45) is 0.988. The first-order valence-electron chi connectivity index (χ1n) is 5.62. The topological polar surface area (TPSA) is 33.2 Å². The zero-order valence-corrected chi connectivity index (χ0v) is 12.0. The minimum absolute atomic E-state index is 0.0108. The van der Waals surface area contributed by atoms with Crippen LogP contribution in [0.3, 0.4) is 0 Å². The molecule has 1 unspecified atom stereocenters. The number of halogens is 2. The molecule has 6 heteroatoms. The van der Waals surface area contributed by atoms with Gasteiger partial charge in [0.05, 0.1) is 17.8 Å². The number of amides is 1. The summed E-state index contributed by atoms with van der Waals surface area (Å²) in [6, 6.07) is 4.87. The Kier molecular flexibility index (Phi) is 4.17. The van der Waals surface area contributed by atoms with Gasteiger partial charge in [-0.1, -0.05) is 17.7 Å². The Morgan fingerprint density at radius 3 is 2.95 bits per heavy atom. The smallest absolute Gasteiger partial charge is 0.257 e. The highest BCUT2D eigenvalue weighted by molar-refractivity contribution is 7.10. The maximum Gasteiger partial charge on any atom is 0.257 e. The highest BCUT2D eigenvalue weighted by atomic mass is 35.5. The van der Waals surface area contributed by atoms with Crippen LogP contribution in [0.15, 0.2) is 29.8 Å². The quantitative estimate of drug-likeness (QED) is 0.808. The van der Waals surface area contributed by atoms with Crippen molar-refractivity contribution in [2.45, 2.75) is 13.0 Å². The number of pyridine rings is 1. The van der Waals surface area contributed by atoms with E-state index in [1.165, 1.54) is 4.90 Å². The van der Waals surface area contributed by atoms with Crippen molar-refractivity contribution < 1.29 is 9.18 Å². The van der Waals surface area contributed by atoms with Gasteiger partial charge in [0.25, 0.3) is 5.91 Å². The lowest BCUT2D eigenvalue weighted by Crippen LogP contribution is -2.29. The van der Waals surface area contributed by atoms with Crippen LogP contribution in [-0.4, -0.2) is 22.8 Å². The van der Waals surface area contributed by atoms with E-state index in [1.54, 1.807) is 18.4 Å². The normalized spacial score (nSPS) is 12.2. The van der Waals surface area contributed by atoms with Gasteiger partial charge in [0.15, 0.2) is 0 Å². The summed E-state index contributed by atoms with van der Waals surface area (Å²) < 4.78 is 13.2. The molecule has 2 aromatic rings. The number of aromatic nitrogens is 1. The SMILES string of the molecule is CC(c1cccs1)N(C)C(=O)c1cc(F)cnc1Cl. The molecule has 1 atom stereocenters. The van der Waals surface area contributed by atoms with Gasteiger partial charge in [-0.3, -0.25) is 4.79 Å². The average Bonchev–Trinajstić information content (AvgIpc) is 2.93. The maximum absolute atomic E-state index is 13.2. The Morgan fingerprint density at radius 1 is 1.58 bits per heavy atom. The van der Waals surface area contributed by atoms with E-state index in [0.717, 1.165) is 17.1 Å². The van der Waals surface area contributed by atoms with Crippen LogP contribution >= 0.6 is 22.9 Å². The lowest BCUT2D eigenvalue weighted by molar-refractivity contribution is 0.0744. The number of rotatable bonds is 3. The van der Waals surface area contributed by atoms with Crippen LogP contribution in [0.1, 0.15) is 28.2 Å². The molecule has 2 rings (SSSR count). The Labute approximate surface area is 119 Å². The molecule has 0 aliphatic carbocycles. The van der Waals surface area contributed by atoms with E-state index in [-0.39, 0.29) is 22.7 Å². The van der Waals surface area contributed by atoms with E-state index in [9.17, 15) is 9.18 Å². The van der Waals surface area contributed by atoms with Crippen molar-refractivity contribution in [2.24, 2.45) is 0 Å². The van der Waals surface area contributed by atoms with Crippen LogP contribution in [0.2, 0.25) is 5.15 Å². The van der Waals surface area contributed by atoms with E-state index in [4.69, 9.17) is 11.6 Å². The number of hydrogen-bond acceptors (Lipinski definition) is 3. The molecule has 19 heavy (non-hydrogen) atoms. The first-order valence-corrected chi connectivity index (χ1v) is 6.88. The maximum atomic E-state index is 13.2. The van der Waals surface area contributed by atoms with Gasteiger partial charge in [-0.15, -0.1) is 11.3 Å². The van der Waals surface area contributed by atoms with Gasteiger partial charge in [-0.2, -0.15) is 0 Å². The predicted octanol–water partition coefficient (Wildman–Crippen LogP) is 3.77. The van der Waals surface area contributed by atoms with Crippen molar-refractivity contribution in [3.05, 3.63) is 51.2 Å². The van der Waals surface area contributed by atoms with E-state index in [2.05, 4.69) is 4.98 Å². The van der Waals surface area contributed by atoms with Crippen LogP contribution in [-0.2, 0) is 0 Å². The Hall–Kier alpha value is -1.46.